The van der Waals surface area contributed by atoms with Crippen molar-refractivity contribution in [3.63, 3.8) is 0 Å². The lowest BCUT2D eigenvalue weighted by molar-refractivity contribution is 0.0601. The van der Waals surface area contributed by atoms with Crippen LogP contribution >= 0.6 is 27.3 Å². The molecule has 0 saturated heterocycles. The summed E-state index contributed by atoms with van der Waals surface area (Å²) < 4.78 is 5.85. The maximum Gasteiger partial charge on any atom is 0.341 e. The number of methoxy groups -OCH3 is 1. The molecule has 1 heterocycles. The van der Waals surface area contributed by atoms with Crippen LogP contribution in [0.2, 0.25) is 0 Å². The summed E-state index contributed by atoms with van der Waals surface area (Å²) in [4.78, 5) is 25.9. The van der Waals surface area contributed by atoms with E-state index in [9.17, 15) is 9.59 Å². The second kappa shape index (κ2) is 7.07. The summed E-state index contributed by atoms with van der Waals surface area (Å²) in [5.74, 6) is -0.0101. The first kappa shape index (κ1) is 17.2. The Morgan fingerprint density at radius 1 is 1.29 bits per heavy atom. The molecule has 0 aliphatic heterocycles. The number of carbonyl (C=O) groups is 2. The maximum absolute atomic E-state index is 12.5. The minimum Gasteiger partial charge on any atom is -0.465 e. The van der Waals surface area contributed by atoms with Crippen LogP contribution in [0.3, 0.4) is 0 Å². The molecule has 0 unspecified atom stereocenters. The predicted molar refractivity (Wildman–Crippen MR) is 98.9 cm³/mol. The Bertz CT molecular complexity index is 782. The third kappa shape index (κ3) is 3.39. The van der Waals surface area contributed by atoms with Gasteiger partial charge in [-0.05, 0) is 55.0 Å². The van der Waals surface area contributed by atoms with Crippen LogP contribution in [0.25, 0.3) is 0 Å². The van der Waals surface area contributed by atoms with Crippen LogP contribution in [-0.4, -0.2) is 19.0 Å². The molecule has 1 amide bonds. The molecule has 0 spiro atoms. The number of anilines is 1. The van der Waals surface area contributed by atoms with Crippen LogP contribution in [0.5, 0.6) is 0 Å². The number of benzene rings is 1. The summed E-state index contributed by atoms with van der Waals surface area (Å²) in [6.45, 7) is 2.21. The number of fused-ring (bicyclic) bond motifs is 1. The fourth-order valence-electron chi connectivity index (χ4n) is 2.93. The zero-order chi connectivity index (χ0) is 17.3. The van der Waals surface area contributed by atoms with Crippen molar-refractivity contribution >= 4 is 44.1 Å². The fraction of sp³-hybridized carbons (Fsp3) is 0.333. The largest absolute Gasteiger partial charge is 0.465 e. The number of rotatable bonds is 3. The molecule has 3 rings (SSSR count). The van der Waals surface area contributed by atoms with Crippen molar-refractivity contribution in [1.82, 2.24) is 0 Å². The van der Waals surface area contributed by atoms with Gasteiger partial charge in [0.2, 0.25) is 0 Å². The number of amides is 1. The van der Waals surface area contributed by atoms with E-state index < -0.39 is 0 Å². The van der Waals surface area contributed by atoms with E-state index in [1.54, 1.807) is 12.1 Å². The van der Waals surface area contributed by atoms with E-state index in [0.29, 0.717) is 22.0 Å². The highest BCUT2D eigenvalue weighted by molar-refractivity contribution is 9.10. The molecule has 2 aromatic rings. The number of ether oxygens (including phenoxy) is 1. The van der Waals surface area contributed by atoms with Crippen LogP contribution < -0.4 is 5.32 Å². The highest BCUT2D eigenvalue weighted by Crippen LogP contribution is 2.40. The molecule has 0 fully saturated rings. The zero-order valence-corrected chi connectivity index (χ0v) is 15.9. The molecular formula is C18H18BrNO3S. The first-order valence-electron chi connectivity index (χ1n) is 7.79. The lowest BCUT2D eigenvalue weighted by atomic mass is 9.88. The van der Waals surface area contributed by atoms with Gasteiger partial charge < -0.3 is 10.1 Å². The third-order valence-electron chi connectivity index (χ3n) is 4.23. The average Bonchev–Trinajstić information content (AvgIpc) is 2.91. The Morgan fingerprint density at radius 3 is 2.67 bits per heavy atom. The number of hydrogen-bond acceptors (Lipinski definition) is 4. The molecule has 1 aromatic heterocycles. The normalized spacial score (nSPS) is 16.4. The van der Waals surface area contributed by atoms with Gasteiger partial charge >= 0.3 is 5.97 Å². The molecule has 0 saturated carbocycles. The van der Waals surface area contributed by atoms with E-state index in [-0.39, 0.29) is 11.9 Å². The molecular weight excluding hydrogens is 390 g/mol. The summed E-state index contributed by atoms with van der Waals surface area (Å²) in [6.07, 6.45) is 2.84. The first-order chi connectivity index (χ1) is 11.5. The molecule has 1 aliphatic carbocycles. The smallest absolute Gasteiger partial charge is 0.341 e. The van der Waals surface area contributed by atoms with Crippen molar-refractivity contribution in [3.05, 3.63) is 50.3 Å². The van der Waals surface area contributed by atoms with Crippen molar-refractivity contribution in [3.8, 4) is 0 Å². The Morgan fingerprint density at radius 2 is 2.00 bits per heavy atom. The number of esters is 1. The number of carbonyl (C=O) groups excluding carboxylic acids is 2. The molecule has 0 bridgehead atoms. The molecule has 6 heteroatoms. The van der Waals surface area contributed by atoms with Crippen LogP contribution in [0.1, 0.15) is 44.5 Å². The number of nitrogens with one attached hydrogen (secondary N) is 1. The van der Waals surface area contributed by atoms with Gasteiger partial charge in [0.15, 0.2) is 0 Å². The van der Waals surface area contributed by atoms with E-state index in [1.807, 2.05) is 12.1 Å². The van der Waals surface area contributed by atoms with Crippen molar-refractivity contribution in [2.24, 2.45) is 5.92 Å². The summed E-state index contributed by atoms with van der Waals surface area (Å²) in [7, 11) is 1.37. The minimum atomic E-state index is -0.381. The van der Waals surface area contributed by atoms with Gasteiger partial charge in [0.05, 0.1) is 12.7 Å². The molecule has 1 aliphatic rings. The Kier molecular flexibility index (Phi) is 5.06. The van der Waals surface area contributed by atoms with Gasteiger partial charge in [-0.2, -0.15) is 0 Å². The van der Waals surface area contributed by atoms with Gasteiger partial charge in [0, 0.05) is 14.9 Å². The van der Waals surface area contributed by atoms with Crippen LogP contribution in [0, 0.1) is 5.92 Å². The Labute approximate surface area is 153 Å². The second-order valence-electron chi connectivity index (χ2n) is 6.01. The molecule has 0 radical (unpaired) electrons. The van der Waals surface area contributed by atoms with Crippen molar-refractivity contribution in [2.75, 3.05) is 12.4 Å². The lowest BCUT2D eigenvalue weighted by Crippen LogP contribution is -2.16. The molecule has 1 aromatic carbocycles. The minimum absolute atomic E-state index is 0.223. The van der Waals surface area contributed by atoms with Crippen molar-refractivity contribution < 1.29 is 14.3 Å². The predicted octanol–water partition coefficient (Wildman–Crippen LogP) is 4.67. The van der Waals surface area contributed by atoms with Gasteiger partial charge in [-0.15, -0.1) is 11.3 Å². The SMILES string of the molecule is COC(=O)c1c(NC(=O)c2ccc(Br)cc2)sc2c1CC[C@@H](C)C2. The molecule has 24 heavy (non-hydrogen) atoms. The van der Waals surface area contributed by atoms with Crippen molar-refractivity contribution in [1.29, 1.82) is 0 Å². The number of thiophene rings is 1. The summed E-state index contributed by atoms with van der Waals surface area (Å²) in [5, 5.41) is 3.49. The van der Waals surface area contributed by atoms with Gasteiger partial charge in [0.1, 0.15) is 5.00 Å². The zero-order valence-electron chi connectivity index (χ0n) is 13.5. The average molecular weight is 408 g/mol. The van der Waals surface area contributed by atoms with E-state index in [1.165, 1.54) is 23.3 Å². The lowest BCUT2D eigenvalue weighted by Gasteiger charge is -2.18. The van der Waals surface area contributed by atoms with E-state index in [4.69, 9.17) is 4.74 Å². The number of halogens is 1. The maximum atomic E-state index is 12.5. The van der Waals surface area contributed by atoms with Crippen molar-refractivity contribution in [2.45, 2.75) is 26.2 Å². The molecule has 126 valence electrons. The summed E-state index contributed by atoms with van der Waals surface area (Å²) in [6, 6.07) is 7.12. The molecule has 1 N–H and O–H groups in total. The van der Waals surface area contributed by atoms with Crippen LogP contribution in [0.4, 0.5) is 5.00 Å². The van der Waals surface area contributed by atoms with E-state index >= 15 is 0 Å². The monoisotopic (exact) mass is 407 g/mol. The number of hydrogen-bond donors (Lipinski definition) is 1. The fourth-order valence-corrected chi connectivity index (χ4v) is 4.59. The highest BCUT2D eigenvalue weighted by atomic mass is 79.9. The third-order valence-corrected chi connectivity index (χ3v) is 5.93. The van der Waals surface area contributed by atoms with Gasteiger partial charge in [-0.1, -0.05) is 22.9 Å². The molecule has 1 atom stereocenters. The first-order valence-corrected chi connectivity index (χ1v) is 9.40. The summed E-state index contributed by atoms with van der Waals surface area (Å²) in [5.41, 5.74) is 2.11. The molecule has 4 nitrogen and oxygen atoms in total. The second-order valence-corrected chi connectivity index (χ2v) is 8.03. The van der Waals surface area contributed by atoms with Gasteiger partial charge in [-0.3, -0.25) is 4.79 Å². The van der Waals surface area contributed by atoms with E-state index in [0.717, 1.165) is 29.3 Å². The Balaban J connectivity index is 1.93. The van der Waals surface area contributed by atoms with Gasteiger partial charge in [0.25, 0.3) is 5.91 Å². The summed E-state index contributed by atoms with van der Waals surface area (Å²) >= 11 is 4.85. The van der Waals surface area contributed by atoms with E-state index in [2.05, 4.69) is 28.2 Å². The Hall–Kier alpha value is -1.66. The van der Waals surface area contributed by atoms with Gasteiger partial charge in [-0.25, -0.2) is 4.79 Å². The standard InChI is InChI=1S/C18H18BrNO3S/c1-10-3-8-13-14(9-10)24-17(15(13)18(22)23-2)20-16(21)11-4-6-12(19)7-5-11/h4-7,10H,3,8-9H2,1-2H3,(H,20,21)/t10-/m1/s1. The topological polar surface area (TPSA) is 55.4 Å². The quantitative estimate of drug-likeness (QED) is 0.751. The highest BCUT2D eigenvalue weighted by Gasteiger charge is 2.29. The van der Waals surface area contributed by atoms with Crippen LogP contribution in [0.15, 0.2) is 28.7 Å². The van der Waals surface area contributed by atoms with Crippen LogP contribution in [-0.2, 0) is 17.6 Å².